The molecule has 108 valence electrons. The minimum absolute atomic E-state index is 0.404. The van der Waals surface area contributed by atoms with Crippen LogP contribution in [0.15, 0.2) is 12.1 Å². The molecule has 0 amide bonds. The molecule has 0 aliphatic rings. The Balaban J connectivity index is 2.00. The van der Waals surface area contributed by atoms with Gasteiger partial charge in [0, 0.05) is 6.54 Å². The highest BCUT2D eigenvalue weighted by Gasteiger charge is 1.98. The lowest BCUT2D eigenvalue weighted by Gasteiger charge is -2.07. The molecule has 0 aliphatic heterocycles. The minimum atomic E-state index is 0.404. The van der Waals surface area contributed by atoms with E-state index in [0.29, 0.717) is 11.5 Å². The predicted molar refractivity (Wildman–Crippen MR) is 84.2 cm³/mol. The minimum Gasteiger partial charge on any atom is -0.396 e. The topological polar surface area (TPSA) is 77.0 Å². The molecular weight excluding hydrogens is 236 g/mol. The van der Waals surface area contributed by atoms with Gasteiger partial charge in [0.15, 0.2) is 0 Å². The average molecular weight is 264 g/mol. The molecule has 1 rings (SSSR count). The van der Waals surface area contributed by atoms with Crippen molar-refractivity contribution in [1.82, 2.24) is 4.98 Å². The number of hydrogen-bond donors (Lipinski definition) is 3. The fourth-order valence-electron chi connectivity index (χ4n) is 2.06. The van der Waals surface area contributed by atoms with Crippen LogP contribution in [0.4, 0.5) is 17.3 Å². The van der Waals surface area contributed by atoms with E-state index in [2.05, 4.69) is 17.2 Å². The summed E-state index contributed by atoms with van der Waals surface area (Å²) in [6, 6.07) is 3.66. The maximum absolute atomic E-state index is 5.65. The van der Waals surface area contributed by atoms with Crippen molar-refractivity contribution in [2.75, 3.05) is 23.3 Å². The highest BCUT2D eigenvalue weighted by atomic mass is 15.0. The van der Waals surface area contributed by atoms with Crippen LogP contribution in [0.25, 0.3) is 0 Å². The lowest BCUT2D eigenvalue weighted by molar-refractivity contribution is 0.581. The number of nitrogens with two attached hydrogens (primary N) is 2. The van der Waals surface area contributed by atoms with E-state index in [0.717, 1.165) is 12.4 Å². The molecule has 0 aromatic carbocycles. The molecule has 4 nitrogen and oxygen atoms in total. The van der Waals surface area contributed by atoms with Gasteiger partial charge in [-0.3, -0.25) is 0 Å². The number of rotatable bonds is 10. The molecule has 1 aromatic rings. The maximum Gasteiger partial charge on any atom is 0.149 e. The number of nitrogen functional groups attached to an aromatic ring is 2. The van der Waals surface area contributed by atoms with Crippen molar-refractivity contribution < 1.29 is 0 Å². The fourth-order valence-corrected chi connectivity index (χ4v) is 2.06. The summed E-state index contributed by atoms with van der Waals surface area (Å²) in [5.41, 5.74) is 11.8. The van der Waals surface area contributed by atoms with E-state index in [9.17, 15) is 0 Å². The van der Waals surface area contributed by atoms with Crippen LogP contribution in [0.2, 0.25) is 0 Å². The van der Waals surface area contributed by atoms with Gasteiger partial charge < -0.3 is 16.8 Å². The molecule has 0 saturated heterocycles. The molecule has 1 aromatic heterocycles. The summed E-state index contributed by atoms with van der Waals surface area (Å²) in [5.74, 6) is 1.22. The number of unbranched alkanes of at least 4 members (excludes halogenated alkanes) is 7. The van der Waals surface area contributed by atoms with E-state index in [1.165, 1.54) is 51.4 Å². The maximum atomic E-state index is 5.65. The van der Waals surface area contributed by atoms with Gasteiger partial charge in [-0.1, -0.05) is 51.9 Å². The summed E-state index contributed by atoms with van der Waals surface area (Å²) in [5, 5.41) is 3.28. The number of nitrogens with one attached hydrogen (secondary N) is 1. The van der Waals surface area contributed by atoms with Gasteiger partial charge in [-0.25, -0.2) is 4.98 Å². The smallest absolute Gasteiger partial charge is 0.149 e. The Morgan fingerprint density at radius 2 is 1.58 bits per heavy atom. The van der Waals surface area contributed by atoms with Crippen molar-refractivity contribution in [2.24, 2.45) is 0 Å². The van der Waals surface area contributed by atoms with Gasteiger partial charge >= 0.3 is 0 Å². The van der Waals surface area contributed by atoms with Crippen molar-refractivity contribution in [3.8, 4) is 0 Å². The van der Waals surface area contributed by atoms with E-state index >= 15 is 0 Å². The van der Waals surface area contributed by atoms with E-state index in [4.69, 9.17) is 11.5 Å². The largest absolute Gasteiger partial charge is 0.396 e. The second kappa shape index (κ2) is 9.48. The van der Waals surface area contributed by atoms with Crippen molar-refractivity contribution in [3.63, 3.8) is 0 Å². The van der Waals surface area contributed by atoms with Gasteiger partial charge in [-0.2, -0.15) is 0 Å². The number of pyridine rings is 1. The molecule has 0 atom stereocenters. The van der Waals surface area contributed by atoms with Crippen LogP contribution in [-0.2, 0) is 0 Å². The zero-order chi connectivity index (χ0) is 13.9. The van der Waals surface area contributed by atoms with Crippen molar-refractivity contribution in [2.45, 2.75) is 58.3 Å². The highest BCUT2D eigenvalue weighted by Crippen LogP contribution is 2.14. The molecule has 1 heterocycles. The molecule has 0 saturated carbocycles. The molecule has 0 spiro atoms. The summed E-state index contributed by atoms with van der Waals surface area (Å²) in [4.78, 5) is 4.18. The van der Waals surface area contributed by atoms with Crippen LogP contribution >= 0.6 is 0 Å². The van der Waals surface area contributed by atoms with Gasteiger partial charge in [0.25, 0.3) is 0 Å². The fraction of sp³-hybridized carbons (Fsp3) is 0.667. The van der Waals surface area contributed by atoms with E-state index in [1.807, 2.05) is 6.07 Å². The van der Waals surface area contributed by atoms with E-state index < -0.39 is 0 Å². The number of anilines is 3. The number of hydrogen-bond acceptors (Lipinski definition) is 4. The first kappa shape index (κ1) is 15.6. The summed E-state index contributed by atoms with van der Waals surface area (Å²) >= 11 is 0. The first-order valence-corrected chi connectivity index (χ1v) is 7.50. The van der Waals surface area contributed by atoms with Crippen molar-refractivity contribution in [3.05, 3.63) is 12.1 Å². The molecule has 0 fully saturated rings. The Morgan fingerprint density at radius 1 is 0.947 bits per heavy atom. The first-order valence-electron chi connectivity index (χ1n) is 7.50. The highest BCUT2D eigenvalue weighted by molar-refractivity contribution is 5.61. The Morgan fingerprint density at radius 3 is 2.21 bits per heavy atom. The molecule has 5 N–H and O–H groups in total. The van der Waals surface area contributed by atoms with Crippen LogP contribution in [0.5, 0.6) is 0 Å². The second-order valence-electron chi connectivity index (χ2n) is 5.07. The molecule has 0 radical (unpaired) electrons. The Bertz CT molecular complexity index is 352. The summed E-state index contributed by atoms with van der Waals surface area (Å²) < 4.78 is 0. The van der Waals surface area contributed by atoms with E-state index in [1.54, 1.807) is 6.07 Å². The third-order valence-electron chi connectivity index (χ3n) is 3.29. The molecule has 0 aliphatic carbocycles. The Hall–Kier alpha value is -1.45. The Kier molecular flexibility index (Phi) is 7.78. The summed E-state index contributed by atoms with van der Waals surface area (Å²) in [7, 11) is 0. The van der Waals surface area contributed by atoms with Crippen LogP contribution in [0, 0.1) is 0 Å². The third kappa shape index (κ3) is 6.89. The molecular formula is C15H28N4. The normalized spacial score (nSPS) is 10.6. The zero-order valence-electron chi connectivity index (χ0n) is 12.1. The lowest BCUT2D eigenvalue weighted by Crippen LogP contribution is -2.06. The van der Waals surface area contributed by atoms with Gasteiger partial charge in [0.05, 0.1) is 5.69 Å². The van der Waals surface area contributed by atoms with Crippen LogP contribution < -0.4 is 16.8 Å². The number of nitrogens with zero attached hydrogens (tertiary/aromatic N) is 1. The molecule has 0 bridgehead atoms. The second-order valence-corrected chi connectivity index (χ2v) is 5.07. The standard InChI is InChI=1S/C15H28N4/c1-2-3-4-5-6-7-8-9-12-18-14-11-10-13(16)15(17)19-14/h10-11H,2-9,12,16H2,1H3,(H3,17,18,19). The SMILES string of the molecule is CCCCCCCCCCNc1ccc(N)c(N)n1. The van der Waals surface area contributed by atoms with Gasteiger partial charge in [-0.05, 0) is 18.6 Å². The first-order chi connectivity index (χ1) is 9.24. The molecule has 4 heteroatoms. The summed E-state index contributed by atoms with van der Waals surface area (Å²) in [6.07, 6.45) is 10.6. The Labute approximate surface area is 117 Å². The third-order valence-corrected chi connectivity index (χ3v) is 3.29. The van der Waals surface area contributed by atoms with Crippen LogP contribution in [0.1, 0.15) is 58.3 Å². The van der Waals surface area contributed by atoms with Gasteiger partial charge in [-0.15, -0.1) is 0 Å². The van der Waals surface area contributed by atoms with Gasteiger partial charge in [0.1, 0.15) is 11.6 Å². The average Bonchev–Trinajstić information content (AvgIpc) is 2.41. The number of aromatic nitrogens is 1. The lowest BCUT2D eigenvalue weighted by atomic mass is 10.1. The van der Waals surface area contributed by atoms with Crippen molar-refractivity contribution >= 4 is 17.3 Å². The zero-order valence-corrected chi connectivity index (χ0v) is 12.1. The molecule has 19 heavy (non-hydrogen) atoms. The summed E-state index contributed by atoms with van der Waals surface area (Å²) in [6.45, 7) is 3.20. The van der Waals surface area contributed by atoms with Crippen LogP contribution in [-0.4, -0.2) is 11.5 Å². The van der Waals surface area contributed by atoms with E-state index in [-0.39, 0.29) is 0 Å². The predicted octanol–water partition coefficient (Wildman–Crippen LogP) is 3.80. The quantitative estimate of drug-likeness (QED) is 0.562. The monoisotopic (exact) mass is 264 g/mol. The molecule has 0 unspecified atom stereocenters. The van der Waals surface area contributed by atoms with Crippen molar-refractivity contribution in [1.29, 1.82) is 0 Å². The van der Waals surface area contributed by atoms with Gasteiger partial charge in [0.2, 0.25) is 0 Å². The van der Waals surface area contributed by atoms with Crippen LogP contribution in [0.3, 0.4) is 0 Å².